The maximum absolute atomic E-state index is 5.01. The van der Waals surface area contributed by atoms with Crippen LogP contribution in [0, 0.1) is 0 Å². The van der Waals surface area contributed by atoms with Crippen LogP contribution in [-0.2, 0) is 0 Å². The number of nitrogens with zero attached hydrogens (tertiary/aromatic N) is 3. The van der Waals surface area contributed by atoms with E-state index >= 15 is 0 Å². The summed E-state index contributed by atoms with van der Waals surface area (Å²) in [6.07, 6.45) is 4.46. The molecule has 6 aromatic carbocycles. The zero-order valence-corrected chi connectivity index (χ0v) is 25.2. The van der Waals surface area contributed by atoms with Gasteiger partial charge >= 0.3 is 0 Å². The van der Waals surface area contributed by atoms with Crippen LogP contribution in [0.3, 0.4) is 0 Å². The Kier molecular flexibility index (Phi) is 7.10. The maximum atomic E-state index is 5.01. The molecule has 4 heteroatoms. The molecule has 0 saturated carbocycles. The van der Waals surface area contributed by atoms with Crippen molar-refractivity contribution in [1.82, 2.24) is 15.0 Å². The zero-order valence-electron chi connectivity index (χ0n) is 24.3. The van der Waals surface area contributed by atoms with Gasteiger partial charge in [0.2, 0.25) is 0 Å². The topological polar surface area (TPSA) is 38.7 Å². The van der Waals surface area contributed by atoms with Gasteiger partial charge in [-0.05, 0) is 51.6 Å². The normalized spacial score (nSPS) is 11.8. The fourth-order valence-corrected chi connectivity index (χ4v) is 6.86. The van der Waals surface area contributed by atoms with Gasteiger partial charge in [0.15, 0.2) is 17.5 Å². The van der Waals surface area contributed by atoms with Gasteiger partial charge in [-0.1, -0.05) is 157 Å². The van der Waals surface area contributed by atoms with Crippen molar-refractivity contribution in [3.63, 3.8) is 0 Å². The van der Waals surface area contributed by atoms with Crippen LogP contribution in [0.15, 0.2) is 161 Å². The van der Waals surface area contributed by atoms with Crippen molar-refractivity contribution < 1.29 is 0 Å². The molecule has 1 aliphatic heterocycles. The van der Waals surface area contributed by atoms with Crippen molar-refractivity contribution >= 4 is 23.9 Å². The quantitative estimate of drug-likeness (QED) is 0.204. The molecule has 1 aromatic heterocycles. The first kappa shape index (κ1) is 27.0. The first-order chi connectivity index (χ1) is 22.3. The van der Waals surface area contributed by atoms with Crippen LogP contribution in [0.4, 0.5) is 0 Å². The second-order valence-electron chi connectivity index (χ2n) is 10.9. The number of hydrogen-bond donors (Lipinski definition) is 0. The molecule has 2 heterocycles. The van der Waals surface area contributed by atoms with Crippen LogP contribution in [0.1, 0.15) is 11.1 Å². The maximum Gasteiger partial charge on any atom is 0.164 e. The summed E-state index contributed by atoms with van der Waals surface area (Å²) >= 11 is 1.81. The zero-order chi connectivity index (χ0) is 30.0. The van der Waals surface area contributed by atoms with Crippen molar-refractivity contribution in [2.24, 2.45) is 0 Å². The van der Waals surface area contributed by atoms with Crippen LogP contribution in [0.25, 0.3) is 68.6 Å². The third-order valence-electron chi connectivity index (χ3n) is 7.99. The lowest BCUT2D eigenvalue weighted by molar-refractivity contribution is 1.07. The molecule has 3 nitrogen and oxygen atoms in total. The van der Waals surface area contributed by atoms with Gasteiger partial charge in [-0.3, -0.25) is 0 Å². The van der Waals surface area contributed by atoms with Gasteiger partial charge in [0.25, 0.3) is 0 Å². The molecular weight excluding hydrogens is 567 g/mol. The van der Waals surface area contributed by atoms with Crippen LogP contribution in [0.2, 0.25) is 0 Å². The molecule has 0 bridgehead atoms. The summed E-state index contributed by atoms with van der Waals surface area (Å²) in [7, 11) is 0. The Bertz CT molecular complexity index is 2130. The summed E-state index contributed by atoms with van der Waals surface area (Å²) in [6.45, 7) is 0. The first-order valence-corrected chi connectivity index (χ1v) is 15.8. The lowest BCUT2D eigenvalue weighted by Crippen LogP contribution is -2.00. The van der Waals surface area contributed by atoms with Crippen molar-refractivity contribution in [3.05, 3.63) is 163 Å². The Balaban J connectivity index is 1.34. The Hall–Kier alpha value is -5.58. The average Bonchev–Trinajstić information content (AvgIpc) is 3.14. The number of benzene rings is 6. The summed E-state index contributed by atoms with van der Waals surface area (Å²) in [4.78, 5) is 17.3. The van der Waals surface area contributed by atoms with E-state index in [1.807, 2.05) is 72.4 Å². The average molecular weight is 594 g/mol. The van der Waals surface area contributed by atoms with Gasteiger partial charge in [-0.25, -0.2) is 15.0 Å². The second-order valence-corrected chi connectivity index (χ2v) is 11.9. The lowest BCUT2D eigenvalue weighted by Gasteiger charge is -2.15. The highest BCUT2D eigenvalue weighted by molar-refractivity contribution is 7.99. The van der Waals surface area contributed by atoms with Crippen molar-refractivity contribution in [1.29, 1.82) is 0 Å². The Morgan fingerprint density at radius 1 is 0.333 bits per heavy atom. The standard InChI is InChI=1S/C41H27N3S/c1-3-14-30(15-4-1)39-42-40(31-16-5-2-6-17-31)44-41(43-39)32-26-25-29-24-23-28-13-7-8-18-33(28)34-19-9-11-21-37(34)45-38-22-12-10-20-35(38)36(29)27-32/h1-27H. The molecule has 0 N–H and O–H groups in total. The molecule has 0 fully saturated rings. The van der Waals surface area contributed by atoms with E-state index in [0.29, 0.717) is 17.5 Å². The van der Waals surface area contributed by atoms with Crippen molar-refractivity contribution in [3.8, 4) is 56.4 Å². The highest BCUT2D eigenvalue weighted by Gasteiger charge is 2.18. The molecule has 0 atom stereocenters. The van der Waals surface area contributed by atoms with Crippen LogP contribution >= 0.6 is 11.8 Å². The smallest absolute Gasteiger partial charge is 0.164 e. The van der Waals surface area contributed by atoms with Crippen LogP contribution in [0.5, 0.6) is 0 Å². The van der Waals surface area contributed by atoms with E-state index in [1.54, 1.807) is 0 Å². The van der Waals surface area contributed by atoms with Gasteiger partial charge in [0.05, 0.1) is 0 Å². The highest BCUT2D eigenvalue weighted by Crippen LogP contribution is 2.44. The highest BCUT2D eigenvalue weighted by atomic mass is 32.2. The minimum Gasteiger partial charge on any atom is -0.208 e. The molecule has 0 unspecified atom stereocenters. The molecule has 45 heavy (non-hydrogen) atoms. The molecule has 7 aromatic rings. The van der Waals surface area contributed by atoms with E-state index in [2.05, 4.69) is 103 Å². The van der Waals surface area contributed by atoms with Gasteiger partial charge < -0.3 is 0 Å². The number of rotatable bonds is 3. The van der Waals surface area contributed by atoms with Crippen LogP contribution in [-0.4, -0.2) is 15.0 Å². The summed E-state index contributed by atoms with van der Waals surface area (Å²) in [5.41, 5.74) is 9.92. The first-order valence-electron chi connectivity index (χ1n) is 15.0. The molecule has 0 aliphatic carbocycles. The third kappa shape index (κ3) is 5.37. The minimum atomic E-state index is 0.643. The molecule has 0 radical (unpaired) electrons. The van der Waals surface area contributed by atoms with Crippen LogP contribution < -0.4 is 0 Å². The number of aromatic nitrogens is 3. The Labute approximate surface area is 267 Å². The van der Waals surface area contributed by atoms with E-state index < -0.39 is 0 Å². The van der Waals surface area contributed by atoms with E-state index in [0.717, 1.165) is 27.8 Å². The largest absolute Gasteiger partial charge is 0.208 e. The molecule has 0 saturated heterocycles. The van der Waals surface area contributed by atoms with E-state index in [4.69, 9.17) is 15.0 Å². The molecule has 8 rings (SSSR count). The van der Waals surface area contributed by atoms with E-state index in [9.17, 15) is 0 Å². The number of fused-ring (bicyclic) bond motifs is 6. The summed E-state index contributed by atoms with van der Waals surface area (Å²) in [5, 5.41) is 0. The van der Waals surface area contributed by atoms with Gasteiger partial charge in [0, 0.05) is 26.5 Å². The molecular formula is C41H27N3S. The molecule has 0 spiro atoms. The monoisotopic (exact) mass is 593 g/mol. The summed E-state index contributed by atoms with van der Waals surface area (Å²) in [5.74, 6) is 1.95. The molecule has 212 valence electrons. The lowest BCUT2D eigenvalue weighted by atomic mass is 9.95. The van der Waals surface area contributed by atoms with Gasteiger partial charge in [0.1, 0.15) is 0 Å². The predicted molar refractivity (Wildman–Crippen MR) is 186 cm³/mol. The fraction of sp³-hybridized carbons (Fsp3) is 0. The summed E-state index contributed by atoms with van der Waals surface area (Å²) in [6, 6.07) is 52.7. The number of hydrogen-bond acceptors (Lipinski definition) is 4. The second kappa shape index (κ2) is 11.8. The SMILES string of the molecule is C1=Cc2ccc(-c3nc(-c4ccccc4)nc(-c4ccccc4)n3)cc2-c2ccccc2Sc2ccccc2-c2ccccc21. The molecule has 0 amide bonds. The Morgan fingerprint density at radius 3 is 1.38 bits per heavy atom. The Morgan fingerprint density at radius 2 is 0.778 bits per heavy atom. The summed E-state index contributed by atoms with van der Waals surface area (Å²) < 4.78 is 0. The van der Waals surface area contributed by atoms with Crippen molar-refractivity contribution in [2.75, 3.05) is 0 Å². The van der Waals surface area contributed by atoms with Gasteiger partial charge in [-0.2, -0.15) is 0 Å². The third-order valence-corrected chi connectivity index (χ3v) is 9.14. The minimum absolute atomic E-state index is 0.643. The predicted octanol–water partition coefficient (Wildman–Crippen LogP) is 10.8. The van der Waals surface area contributed by atoms with Crippen molar-refractivity contribution in [2.45, 2.75) is 9.79 Å². The van der Waals surface area contributed by atoms with Gasteiger partial charge in [-0.15, -0.1) is 0 Å². The van der Waals surface area contributed by atoms with E-state index in [1.165, 1.54) is 32.0 Å². The molecule has 1 aliphatic rings. The fourth-order valence-electron chi connectivity index (χ4n) is 5.75. The van der Waals surface area contributed by atoms with E-state index in [-0.39, 0.29) is 0 Å².